The quantitative estimate of drug-likeness (QED) is 0.692. The van der Waals surface area contributed by atoms with Crippen molar-refractivity contribution in [2.75, 3.05) is 13.6 Å². The first-order chi connectivity index (χ1) is 8.54. The molecule has 0 aromatic heterocycles. The zero-order valence-electron chi connectivity index (χ0n) is 10.0. The van der Waals surface area contributed by atoms with Crippen LogP contribution in [-0.2, 0) is 0 Å². The van der Waals surface area contributed by atoms with Crippen molar-refractivity contribution in [2.45, 2.75) is 25.2 Å². The SMILES string of the molecule is CNCCC(O)C(O)c1ccc(OC(F)F)cc1. The summed E-state index contributed by atoms with van der Waals surface area (Å²) in [6, 6.07) is 5.56. The maximum absolute atomic E-state index is 11.9. The molecule has 0 aliphatic rings. The van der Waals surface area contributed by atoms with Gasteiger partial charge in [0.25, 0.3) is 0 Å². The van der Waals surface area contributed by atoms with Crippen LogP contribution in [0, 0.1) is 0 Å². The monoisotopic (exact) mass is 261 g/mol. The van der Waals surface area contributed by atoms with E-state index in [1.165, 1.54) is 24.3 Å². The Morgan fingerprint density at radius 2 is 1.83 bits per heavy atom. The van der Waals surface area contributed by atoms with Gasteiger partial charge in [-0.25, -0.2) is 0 Å². The molecule has 0 spiro atoms. The van der Waals surface area contributed by atoms with Crippen LogP contribution < -0.4 is 10.1 Å². The molecule has 0 fully saturated rings. The minimum atomic E-state index is -2.87. The molecule has 0 amide bonds. The van der Waals surface area contributed by atoms with Crippen LogP contribution in [0.2, 0.25) is 0 Å². The van der Waals surface area contributed by atoms with E-state index < -0.39 is 18.8 Å². The molecular weight excluding hydrogens is 244 g/mol. The van der Waals surface area contributed by atoms with E-state index in [1.54, 1.807) is 7.05 Å². The standard InChI is InChI=1S/C12H17F2NO3/c1-15-7-6-10(16)11(17)8-2-4-9(5-3-8)18-12(13)14/h2-5,10-12,15-17H,6-7H2,1H3. The zero-order valence-corrected chi connectivity index (χ0v) is 10.0. The Kier molecular flexibility index (Phi) is 5.97. The topological polar surface area (TPSA) is 61.7 Å². The third-order valence-corrected chi connectivity index (χ3v) is 2.50. The van der Waals surface area contributed by atoms with Crippen molar-refractivity contribution in [2.24, 2.45) is 0 Å². The van der Waals surface area contributed by atoms with Crippen LogP contribution in [0.15, 0.2) is 24.3 Å². The fourth-order valence-electron chi connectivity index (χ4n) is 1.52. The molecule has 0 aliphatic carbocycles. The number of aliphatic hydroxyl groups is 2. The Morgan fingerprint density at radius 3 is 2.33 bits per heavy atom. The largest absolute Gasteiger partial charge is 0.435 e. The van der Waals surface area contributed by atoms with Gasteiger partial charge in [0.15, 0.2) is 0 Å². The maximum atomic E-state index is 11.9. The van der Waals surface area contributed by atoms with E-state index in [4.69, 9.17) is 0 Å². The summed E-state index contributed by atoms with van der Waals surface area (Å²) < 4.78 is 28.0. The summed E-state index contributed by atoms with van der Waals surface area (Å²) in [5.74, 6) is 0.0191. The van der Waals surface area contributed by atoms with Crippen molar-refractivity contribution in [3.05, 3.63) is 29.8 Å². The van der Waals surface area contributed by atoms with E-state index in [2.05, 4.69) is 10.1 Å². The molecule has 0 heterocycles. The van der Waals surface area contributed by atoms with Gasteiger partial charge < -0.3 is 20.3 Å². The van der Waals surface area contributed by atoms with Gasteiger partial charge in [0.05, 0.1) is 6.10 Å². The number of hydrogen-bond donors (Lipinski definition) is 3. The van der Waals surface area contributed by atoms with E-state index in [-0.39, 0.29) is 5.75 Å². The van der Waals surface area contributed by atoms with Gasteiger partial charge in [-0.15, -0.1) is 0 Å². The van der Waals surface area contributed by atoms with Crippen LogP contribution in [0.25, 0.3) is 0 Å². The van der Waals surface area contributed by atoms with Gasteiger partial charge in [-0.3, -0.25) is 0 Å². The van der Waals surface area contributed by atoms with Gasteiger partial charge in [0.2, 0.25) is 0 Å². The Balaban J connectivity index is 2.60. The summed E-state index contributed by atoms with van der Waals surface area (Å²) in [5, 5.41) is 22.4. The Morgan fingerprint density at radius 1 is 1.22 bits per heavy atom. The highest BCUT2D eigenvalue weighted by Gasteiger charge is 2.17. The zero-order chi connectivity index (χ0) is 13.5. The molecule has 3 N–H and O–H groups in total. The molecule has 1 aromatic carbocycles. The molecule has 2 atom stereocenters. The number of aliphatic hydroxyl groups excluding tert-OH is 2. The lowest BCUT2D eigenvalue weighted by atomic mass is 10.0. The summed E-state index contributed by atoms with van der Waals surface area (Å²) in [4.78, 5) is 0. The van der Waals surface area contributed by atoms with Crippen molar-refractivity contribution >= 4 is 0 Å². The summed E-state index contributed by atoms with van der Waals surface area (Å²) in [6.07, 6.45) is -1.55. The Hall–Kier alpha value is -1.24. The molecule has 0 radical (unpaired) electrons. The second kappa shape index (κ2) is 7.25. The predicted molar refractivity (Wildman–Crippen MR) is 62.6 cm³/mol. The van der Waals surface area contributed by atoms with E-state index in [0.717, 1.165) is 0 Å². The van der Waals surface area contributed by atoms with E-state index in [0.29, 0.717) is 18.5 Å². The van der Waals surface area contributed by atoms with Gasteiger partial charge >= 0.3 is 6.61 Å². The first-order valence-electron chi connectivity index (χ1n) is 5.60. The van der Waals surface area contributed by atoms with Crippen LogP contribution >= 0.6 is 0 Å². The molecule has 0 saturated carbocycles. The highest BCUT2D eigenvalue weighted by atomic mass is 19.3. The molecule has 0 aliphatic heterocycles. The molecule has 0 saturated heterocycles. The summed E-state index contributed by atoms with van der Waals surface area (Å²) in [6.45, 7) is -2.30. The molecule has 0 bridgehead atoms. The van der Waals surface area contributed by atoms with Crippen LogP contribution in [0.3, 0.4) is 0 Å². The van der Waals surface area contributed by atoms with Crippen molar-refractivity contribution in [3.63, 3.8) is 0 Å². The summed E-state index contributed by atoms with van der Waals surface area (Å²) >= 11 is 0. The lowest BCUT2D eigenvalue weighted by Gasteiger charge is -2.18. The van der Waals surface area contributed by atoms with Gasteiger partial charge in [-0.05, 0) is 37.7 Å². The lowest BCUT2D eigenvalue weighted by Crippen LogP contribution is -2.23. The highest BCUT2D eigenvalue weighted by Crippen LogP contribution is 2.22. The number of halogens is 2. The molecule has 6 heteroatoms. The Labute approximate surface area is 104 Å². The van der Waals surface area contributed by atoms with E-state index >= 15 is 0 Å². The molecule has 1 rings (SSSR count). The average molecular weight is 261 g/mol. The summed E-state index contributed by atoms with van der Waals surface area (Å²) in [7, 11) is 1.75. The average Bonchev–Trinajstić information content (AvgIpc) is 2.35. The Bertz CT molecular complexity index is 346. The third kappa shape index (κ3) is 4.56. The van der Waals surface area contributed by atoms with E-state index in [9.17, 15) is 19.0 Å². The van der Waals surface area contributed by atoms with Gasteiger partial charge in [-0.1, -0.05) is 12.1 Å². The van der Waals surface area contributed by atoms with Crippen molar-refractivity contribution in [3.8, 4) is 5.75 Å². The first kappa shape index (κ1) is 14.8. The molecule has 4 nitrogen and oxygen atoms in total. The fraction of sp³-hybridized carbons (Fsp3) is 0.500. The van der Waals surface area contributed by atoms with Gasteiger partial charge in [0, 0.05) is 0 Å². The van der Waals surface area contributed by atoms with Crippen molar-refractivity contribution in [1.29, 1.82) is 0 Å². The van der Waals surface area contributed by atoms with Gasteiger partial charge in [-0.2, -0.15) is 8.78 Å². The molecule has 102 valence electrons. The van der Waals surface area contributed by atoms with Crippen LogP contribution in [0.4, 0.5) is 8.78 Å². The van der Waals surface area contributed by atoms with Crippen LogP contribution in [0.1, 0.15) is 18.1 Å². The lowest BCUT2D eigenvalue weighted by molar-refractivity contribution is -0.0499. The van der Waals surface area contributed by atoms with Crippen molar-refractivity contribution in [1.82, 2.24) is 5.32 Å². The molecule has 1 aromatic rings. The van der Waals surface area contributed by atoms with Gasteiger partial charge in [0.1, 0.15) is 11.9 Å². The fourth-order valence-corrected chi connectivity index (χ4v) is 1.52. The number of nitrogens with one attached hydrogen (secondary N) is 1. The molecule has 2 unspecified atom stereocenters. The molecule has 18 heavy (non-hydrogen) atoms. The van der Waals surface area contributed by atoms with Crippen LogP contribution in [-0.4, -0.2) is 36.5 Å². The number of hydrogen-bond acceptors (Lipinski definition) is 4. The highest BCUT2D eigenvalue weighted by molar-refractivity contribution is 5.29. The number of alkyl halides is 2. The number of ether oxygens (including phenoxy) is 1. The smallest absolute Gasteiger partial charge is 0.387 e. The normalized spacial score (nSPS) is 14.6. The van der Waals surface area contributed by atoms with Crippen LogP contribution in [0.5, 0.6) is 5.75 Å². The second-order valence-corrected chi connectivity index (χ2v) is 3.85. The minimum Gasteiger partial charge on any atom is -0.435 e. The third-order valence-electron chi connectivity index (χ3n) is 2.50. The minimum absolute atomic E-state index is 0.0191. The van der Waals surface area contributed by atoms with Crippen molar-refractivity contribution < 1.29 is 23.7 Å². The first-order valence-corrected chi connectivity index (χ1v) is 5.60. The predicted octanol–water partition coefficient (Wildman–Crippen LogP) is 1.29. The molecular formula is C12H17F2NO3. The summed E-state index contributed by atoms with van der Waals surface area (Å²) in [5.41, 5.74) is 0.459. The maximum Gasteiger partial charge on any atom is 0.387 e. The van der Waals surface area contributed by atoms with E-state index in [1.807, 2.05) is 0 Å². The number of benzene rings is 1. The second-order valence-electron chi connectivity index (χ2n) is 3.85. The number of rotatable bonds is 7.